The van der Waals surface area contributed by atoms with Crippen molar-refractivity contribution < 1.29 is 0 Å². The van der Waals surface area contributed by atoms with Crippen LogP contribution in [0.4, 0.5) is 0 Å². The van der Waals surface area contributed by atoms with Gasteiger partial charge in [0.05, 0.1) is 0 Å². The fraction of sp³-hybridized carbons (Fsp3) is 0.833. The largest absolute Gasteiger partial charge is 0.0679 e. The van der Waals surface area contributed by atoms with Crippen LogP contribution >= 0.6 is 0 Å². The van der Waals surface area contributed by atoms with E-state index in [0.717, 1.165) is 11.8 Å². The highest BCUT2D eigenvalue weighted by atomic mass is 14.3. The van der Waals surface area contributed by atoms with Crippen LogP contribution in [0.3, 0.4) is 0 Å². The molecule has 2 aliphatic rings. The average molecular weight is 164 g/mol. The minimum Gasteiger partial charge on any atom is -0.0679 e. The van der Waals surface area contributed by atoms with E-state index < -0.39 is 0 Å². The van der Waals surface area contributed by atoms with E-state index in [-0.39, 0.29) is 0 Å². The summed E-state index contributed by atoms with van der Waals surface area (Å²) in [6.45, 7) is 4.83. The van der Waals surface area contributed by atoms with E-state index in [1.807, 2.05) is 11.1 Å². The maximum atomic E-state index is 2.42. The lowest BCUT2D eigenvalue weighted by molar-refractivity contribution is 0.657. The lowest BCUT2D eigenvalue weighted by atomic mass is 9.93. The van der Waals surface area contributed by atoms with Gasteiger partial charge in [0.25, 0.3) is 0 Å². The zero-order valence-corrected chi connectivity index (χ0v) is 8.40. The molecule has 0 heteroatoms. The van der Waals surface area contributed by atoms with Crippen molar-refractivity contribution >= 4 is 0 Å². The highest BCUT2D eigenvalue weighted by molar-refractivity contribution is 5.23. The molecule has 2 atom stereocenters. The van der Waals surface area contributed by atoms with Crippen LogP contribution in [0, 0.1) is 11.8 Å². The highest BCUT2D eigenvalue weighted by Crippen LogP contribution is 2.41. The van der Waals surface area contributed by atoms with Crippen molar-refractivity contribution in [2.45, 2.75) is 52.4 Å². The maximum absolute atomic E-state index is 2.42. The Morgan fingerprint density at radius 2 is 1.25 bits per heavy atom. The highest BCUT2D eigenvalue weighted by Gasteiger charge is 2.25. The monoisotopic (exact) mass is 164 g/mol. The normalized spacial score (nSPS) is 42.5. The van der Waals surface area contributed by atoms with Crippen LogP contribution in [0.15, 0.2) is 11.1 Å². The summed E-state index contributed by atoms with van der Waals surface area (Å²) in [6.07, 6.45) is 8.64. The van der Waals surface area contributed by atoms with Crippen molar-refractivity contribution in [3.8, 4) is 0 Å². The smallest absolute Gasteiger partial charge is 0.0229 e. The minimum atomic E-state index is 0.917. The number of hydrogen-bond donors (Lipinski definition) is 0. The molecule has 0 amide bonds. The molecule has 2 rings (SSSR count). The molecule has 12 heavy (non-hydrogen) atoms. The first-order valence-corrected chi connectivity index (χ1v) is 5.51. The molecule has 0 saturated heterocycles. The van der Waals surface area contributed by atoms with Crippen LogP contribution in [-0.2, 0) is 0 Å². The second-order valence-electron chi connectivity index (χ2n) is 4.64. The summed E-state index contributed by atoms with van der Waals surface area (Å²) >= 11 is 0. The van der Waals surface area contributed by atoms with Gasteiger partial charge in [-0.15, -0.1) is 0 Å². The average Bonchev–Trinajstić information content (AvgIpc) is 2.59. The number of rotatable bonds is 0. The molecule has 68 valence electrons. The third-order valence-corrected chi connectivity index (χ3v) is 3.77. The Balaban J connectivity index is 2.22. The lowest BCUT2D eigenvalue weighted by Gasteiger charge is -2.13. The van der Waals surface area contributed by atoms with Crippen molar-refractivity contribution in [1.29, 1.82) is 0 Å². The van der Waals surface area contributed by atoms with Gasteiger partial charge in [0.2, 0.25) is 0 Å². The predicted octanol–water partition coefficient (Wildman–Crippen LogP) is 3.92. The standard InChI is InChI=1S/C12H20/c1-9-5-3-7-11(9)12-8-4-6-10(12)2/h9-10H,3-8H2,1-2H3/b12-11-/t9-,10+. The molecule has 0 N–H and O–H groups in total. The van der Waals surface area contributed by atoms with Crippen molar-refractivity contribution in [3.63, 3.8) is 0 Å². The summed E-state index contributed by atoms with van der Waals surface area (Å²) in [5.74, 6) is 1.83. The van der Waals surface area contributed by atoms with Gasteiger partial charge < -0.3 is 0 Å². The quantitative estimate of drug-likeness (QED) is 0.476. The van der Waals surface area contributed by atoms with Crippen LogP contribution in [0.5, 0.6) is 0 Å². The van der Waals surface area contributed by atoms with Crippen molar-refractivity contribution in [3.05, 3.63) is 11.1 Å². The Morgan fingerprint density at radius 3 is 1.50 bits per heavy atom. The van der Waals surface area contributed by atoms with Crippen LogP contribution in [0.2, 0.25) is 0 Å². The Labute approximate surface area is 76.1 Å². The molecule has 0 spiro atoms. The molecule has 0 radical (unpaired) electrons. The van der Waals surface area contributed by atoms with Crippen molar-refractivity contribution in [1.82, 2.24) is 0 Å². The van der Waals surface area contributed by atoms with Gasteiger partial charge in [-0.05, 0) is 50.4 Å². The van der Waals surface area contributed by atoms with E-state index in [9.17, 15) is 0 Å². The van der Waals surface area contributed by atoms with Gasteiger partial charge in [-0.25, -0.2) is 0 Å². The second kappa shape index (κ2) is 3.24. The summed E-state index contributed by atoms with van der Waals surface area (Å²) in [5.41, 5.74) is 3.69. The number of allylic oxidation sites excluding steroid dienone is 2. The molecule has 0 bridgehead atoms. The zero-order chi connectivity index (χ0) is 8.55. The Hall–Kier alpha value is -0.260. The molecule has 2 saturated carbocycles. The van der Waals surface area contributed by atoms with Gasteiger partial charge in [0.1, 0.15) is 0 Å². The second-order valence-corrected chi connectivity index (χ2v) is 4.64. The molecule has 0 nitrogen and oxygen atoms in total. The zero-order valence-electron chi connectivity index (χ0n) is 8.40. The molecule has 0 aromatic heterocycles. The molecular weight excluding hydrogens is 144 g/mol. The predicted molar refractivity (Wildman–Crippen MR) is 53.1 cm³/mol. The molecule has 0 aromatic carbocycles. The molecule has 0 aromatic rings. The first-order valence-electron chi connectivity index (χ1n) is 5.51. The van der Waals surface area contributed by atoms with Crippen LogP contribution in [0.1, 0.15) is 52.4 Å². The summed E-state index contributed by atoms with van der Waals surface area (Å²) in [6, 6.07) is 0. The molecule has 0 aliphatic heterocycles. The SMILES string of the molecule is C[C@@H]1CCC/C1=C1\CCC[C@@H]1C. The van der Waals surface area contributed by atoms with E-state index in [0.29, 0.717) is 0 Å². The third-order valence-electron chi connectivity index (χ3n) is 3.77. The van der Waals surface area contributed by atoms with Gasteiger partial charge in [-0.2, -0.15) is 0 Å². The fourth-order valence-corrected chi connectivity index (χ4v) is 2.99. The Morgan fingerprint density at radius 1 is 0.833 bits per heavy atom. The first-order chi connectivity index (χ1) is 5.79. The van der Waals surface area contributed by atoms with Gasteiger partial charge in [0, 0.05) is 0 Å². The van der Waals surface area contributed by atoms with Crippen LogP contribution in [0.25, 0.3) is 0 Å². The molecular formula is C12H20. The maximum Gasteiger partial charge on any atom is -0.0229 e. The van der Waals surface area contributed by atoms with E-state index in [1.54, 1.807) is 0 Å². The Kier molecular flexibility index (Phi) is 2.25. The van der Waals surface area contributed by atoms with Crippen molar-refractivity contribution in [2.75, 3.05) is 0 Å². The molecule has 0 heterocycles. The lowest BCUT2D eigenvalue weighted by Crippen LogP contribution is -1.98. The Bertz CT molecular complexity index is 178. The fourth-order valence-electron chi connectivity index (χ4n) is 2.99. The summed E-state index contributed by atoms with van der Waals surface area (Å²) in [4.78, 5) is 0. The summed E-state index contributed by atoms with van der Waals surface area (Å²) < 4.78 is 0. The van der Waals surface area contributed by atoms with E-state index in [1.165, 1.54) is 38.5 Å². The summed E-state index contributed by atoms with van der Waals surface area (Å²) in [7, 11) is 0. The van der Waals surface area contributed by atoms with Crippen LogP contribution < -0.4 is 0 Å². The molecule has 2 fully saturated rings. The minimum absolute atomic E-state index is 0.917. The molecule has 2 aliphatic carbocycles. The number of hydrogen-bond acceptors (Lipinski definition) is 0. The van der Waals surface area contributed by atoms with E-state index >= 15 is 0 Å². The molecule has 0 unspecified atom stereocenters. The van der Waals surface area contributed by atoms with Gasteiger partial charge in [-0.1, -0.05) is 25.0 Å². The third kappa shape index (κ3) is 1.32. The van der Waals surface area contributed by atoms with Gasteiger partial charge >= 0.3 is 0 Å². The first kappa shape index (κ1) is 8.34. The van der Waals surface area contributed by atoms with Crippen molar-refractivity contribution in [2.24, 2.45) is 11.8 Å². The summed E-state index contributed by atoms with van der Waals surface area (Å²) in [5, 5.41) is 0. The van der Waals surface area contributed by atoms with Gasteiger partial charge in [0.15, 0.2) is 0 Å². The van der Waals surface area contributed by atoms with Crippen LogP contribution in [-0.4, -0.2) is 0 Å². The topological polar surface area (TPSA) is 0 Å². The van der Waals surface area contributed by atoms with E-state index in [2.05, 4.69) is 13.8 Å². The van der Waals surface area contributed by atoms with E-state index in [4.69, 9.17) is 0 Å². The van der Waals surface area contributed by atoms with Gasteiger partial charge in [-0.3, -0.25) is 0 Å².